The number of halogens is 1. The Balaban J connectivity index is 1.69. The van der Waals surface area contributed by atoms with Crippen LogP contribution in [-0.2, 0) is 6.42 Å². The van der Waals surface area contributed by atoms with E-state index >= 15 is 0 Å². The first kappa shape index (κ1) is 14.5. The topological polar surface area (TPSA) is 46.5 Å². The van der Waals surface area contributed by atoms with Crippen LogP contribution in [0.2, 0.25) is 0 Å². The van der Waals surface area contributed by atoms with Gasteiger partial charge in [0.25, 0.3) is 0 Å². The van der Waals surface area contributed by atoms with Crippen LogP contribution >= 0.6 is 27.7 Å². The highest BCUT2D eigenvalue weighted by molar-refractivity contribution is 9.10. The molecular weight excluding hydrogens is 352 g/mol. The summed E-state index contributed by atoms with van der Waals surface area (Å²) >= 11 is 5.13. The Morgan fingerprint density at radius 1 is 1.33 bits per heavy atom. The van der Waals surface area contributed by atoms with Crippen LogP contribution in [0.3, 0.4) is 0 Å². The van der Waals surface area contributed by atoms with E-state index in [4.69, 9.17) is 4.74 Å². The summed E-state index contributed by atoms with van der Waals surface area (Å²) in [6.45, 7) is 0.496. The van der Waals surface area contributed by atoms with Crippen LogP contribution in [0.25, 0.3) is 0 Å². The molecule has 0 saturated heterocycles. The van der Waals surface area contributed by atoms with E-state index in [1.807, 2.05) is 12.1 Å². The van der Waals surface area contributed by atoms with E-state index in [1.54, 1.807) is 30.0 Å². The van der Waals surface area contributed by atoms with Gasteiger partial charge in [-0.15, -0.1) is 11.8 Å². The van der Waals surface area contributed by atoms with Gasteiger partial charge in [0, 0.05) is 14.6 Å². The predicted octanol–water partition coefficient (Wildman–Crippen LogP) is 4.24. The van der Waals surface area contributed by atoms with Crippen LogP contribution in [0.1, 0.15) is 15.9 Å². The maximum absolute atomic E-state index is 11.2. The molecule has 3 nitrogen and oxygen atoms in total. The Labute approximate surface area is 135 Å². The van der Waals surface area contributed by atoms with Gasteiger partial charge in [-0.1, -0.05) is 34.1 Å². The van der Waals surface area contributed by atoms with Crippen molar-refractivity contribution in [3.63, 3.8) is 0 Å². The van der Waals surface area contributed by atoms with E-state index in [2.05, 4.69) is 28.1 Å². The van der Waals surface area contributed by atoms with Gasteiger partial charge in [0.15, 0.2) is 0 Å². The third-order valence-corrected chi connectivity index (χ3v) is 5.09. The third-order valence-electron chi connectivity index (χ3n) is 3.31. The molecule has 0 radical (unpaired) electrons. The molecule has 1 heterocycles. The SMILES string of the molecule is O=C(O)c1ccc(Br)cc1OCC1Cc2ccccc2S1. The zero-order valence-corrected chi connectivity index (χ0v) is 13.5. The second kappa shape index (κ2) is 6.12. The van der Waals surface area contributed by atoms with Gasteiger partial charge in [-0.05, 0) is 36.2 Å². The second-order valence-electron chi connectivity index (χ2n) is 4.81. The number of rotatable bonds is 4. The smallest absolute Gasteiger partial charge is 0.339 e. The summed E-state index contributed by atoms with van der Waals surface area (Å²) in [7, 11) is 0. The molecule has 0 aliphatic carbocycles. The average molecular weight is 365 g/mol. The fourth-order valence-corrected chi connectivity index (χ4v) is 3.88. The molecule has 108 valence electrons. The van der Waals surface area contributed by atoms with Gasteiger partial charge in [-0.25, -0.2) is 4.79 Å². The summed E-state index contributed by atoms with van der Waals surface area (Å²) in [5, 5.41) is 9.51. The number of hydrogen-bond donors (Lipinski definition) is 1. The van der Waals surface area contributed by atoms with Gasteiger partial charge in [-0.3, -0.25) is 0 Å². The van der Waals surface area contributed by atoms with Crippen molar-refractivity contribution in [3.05, 3.63) is 58.1 Å². The predicted molar refractivity (Wildman–Crippen MR) is 86.4 cm³/mol. The Morgan fingerprint density at radius 3 is 2.90 bits per heavy atom. The van der Waals surface area contributed by atoms with Crippen LogP contribution in [0.4, 0.5) is 0 Å². The van der Waals surface area contributed by atoms with Crippen molar-refractivity contribution in [2.45, 2.75) is 16.6 Å². The highest BCUT2D eigenvalue weighted by atomic mass is 79.9. The maximum Gasteiger partial charge on any atom is 0.339 e. The zero-order valence-electron chi connectivity index (χ0n) is 11.1. The summed E-state index contributed by atoms with van der Waals surface area (Å²) in [4.78, 5) is 12.5. The number of benzene rings is 2. The summed E-state index contributed by atoms with van der Waals surface area (Å²) < 4.78 is 6.57. The molecule has 1 aliphatic heterocycles. The molecule has 1 aliphatic rings. The fourth-order valence-electron chi connectivity index (χ4n) is 2.32. The fraction of sp³-hybridized carbons (Fsp3) is 0.188. The molecule has 0 bridgehead atoms. The molecule has 0 spiro atoms. The van der Waals surface area contributed by atoms with E-state index in [1.165, 1.54) is 10.5 Å². The lowest BCUT2D eigenvalue weighted by atomic mass is 10.1. The van der Waals surface area contributed by atoms with Crippen molar-refractivity contribution in [3.8, 4) is 5.75 Å². The number of aromatic carboxylic acids is 1. The quantitative estimate of drug-likeness (QED) is 0.880. The van der Waals surface area contributed by atoms with Crippen molar-refractivity contribution in [2.24, 2.45) is 0 Å². The van der Waals surface area contributed by atoms with Crippen LogP contribution in [0.5, 0.6) is 5.75 Å². The molecule has 21 heavy (non-hydrogen) atoms. The monoisotopic (exact) mass is 364 g/mol. The Kier molecular flexibility index (Phi) is 4.22. The first-order valence-corrected chi connectivity index (χ1v) is 8.21. The highest BCUT2D eigenvalue weighted by Crippen LogP contribution is 2.37. The zero-order chi connectivity index (χ0) is 14.8. The normalized spacial score (nSPS) is 16.5. The molecule has 1 atom stereocenters. The Hall–Kier alpha value is -1.46. The number of thioether (sulfide) groups is 1. The van der Waals surface area contributed by atoms with Gasteiger partial charge in [-0.2, -0.15) is 0 Å². The molecule has 3 rings (SSSR count). The van der Waals surface area contributed by atoms with Gasteiger partial charge < -0.3 is 9.84 Å². The molecule has 0 fully saturated rings. The minimum Gasteiger partial charge on any atom is -0.491 e. The van der Waals surface area contributed by atoms with E-state index in [9.17, 15) is 9.90 Å². The van der Waals surface area contributed by atoms with Crippen LogP contribution < -0.4 is 4.74 Å². The molecule has 1 N–H and O–H groups in total. The van der Waals surface area contributed by atoms with Crippen molar-refractivity contribution < 1.29 is 14.6 Å². The molecule has 0 saturated carbocycles. The van der Waals surface area contributed by atoms with Crippen LogP contribution in [0.15, 0.2) is 51.8 Å². The largest absolute Gasteiger partial charge is 0.491 e. The molecule has 0 amide bonds. The maximum atomic E-state index is 11.2. The lowest BCUT2D eigenvalue weighted by molar-refractivity contribution is 0.0692. The average Bonchev–Trinajstić information content (AvgIpc) is 2.87. The van der Waals surface area contributed by atoms with Gasteiger partial charge in [0.1, 0.15) is 17.9 Å². The van der Waals surface area contributed by atoms with E-state index < -0.39 is 5.97 Å². The van der Waals surface area contributed by atoms with Gasteiger partial charge in [0.05, 0.1) is 0 Å². The lowest BCUT2D eigenvalue weighted by Gasteiger charge is -2.13. The molecule has 0 aromatic heterocycles. The summed E-state index contributed by atoms with van der Waals surface area (Å²) in [6.07, 6.45) is 0.956. The minimum atomic E-state index is -0.972. The minimum absolute atomic E-state index is 0.193. The lowest BCUT2D eigenvalue weighted by Crippen LogP contribution is -2.15. The molecule has 2 aromatic rings. The number of carboxylic acid groups (broad SMARTS) is 1. The number of carbonyl (C=O) groups is 1. The molecule has 1 unspecified atom stereocenters. The van der Waals surface area contributed by atoms with Crippen molar-refractivity contribution in [2.75, 3.05) is 6.61 Å². The first-order valence-electron chi connectivity index (χ1n) is 6.53. The van der Waals surface area contributed by atoms with Crippen molar-refractivity contribution in [1.82, 2.24) is 0 Å². The molecular formula is C16H13BrO3S. The summed E-state index contributed by atoms with van der Waals surface area (Å²) in [6, 6.07) is 13.3. The first-order chi connectivity index (χ1) is 10.1. The number of carboxylic acids is 1. The van der Waals surface area contributed by atoms with E-state index in [0.29, 0.717) is 17.6 Å². The van der Waals surface area contributed by atoms with E-state index in [0.717, 1.165) is 10.9 Å². The van der Waals surface area contributed by atoms with Gasteiger partial charge >= 0.3 is 5.97 Å². The Bertz CT molecular complexity index is 662. The van der Waals surface area contributed by atoms with E-state index in [-0.39, 0.29) is 5.56 Å². The van der Waals surface area contributed by atoms with Crippen molar-refractivity contribution >= 4 is 33.7 Å². The van der Waals surface area contributed by atoms with Gasteiger partial charge in [0.2, 0.25) is 0 Å². The highest BCUT2D eigenvalue weighted by Gasteiger charge is 2.23. The van der Waals surface area contributed by atoms with Crippen LogP contribution in [0, 0.1) is 0 Å². The standard InChI is InChI=1S/C16H13BrO3S/c17-11-5-6-13(16(18)19)14(8-11)20-9-12-7-10-3-1-2-4-15(10)21-12/h1-6,8,12H,7,9H2,(H,18,19). The third kappa shape index (κ3) is 3.24. The Morgan fingerprint density at radius 2 is 2.14 bits per heavy atom. The van der Waals surface area contributed by atoms with Crippen LogP contribution in [-0.4, -0.2) is 22.9 Å². The number of ether oxygens (including phenoxy) is 1. The summed E-state index contributed by atoms with van der Waals surface area (Å²) in [5.74, 6) is -0.562. The summed E-state index contributed by atoms with van der Waals surface area (Å²) in [5.41, 5.74) is 1.53. The number of fused-ring (bicyclic) bond motifs is 1. The number of hydrogen-bond acceptors (Lipinski definition) is 3. The molecule has 5 heteroatoms. The molecule has 2 aromatic carbocycles. The van der Waals surface area contributed by atoms with Crippen molar-refractivity contribution in [1.29, 1.82) is 0 Å². The second-order valence-corrected chi connectivity index (χ2v) is 7.07.